The Labute approximate surface area is 215 Å². The molecule has 1 unspecified atom stereocenters. The predicted octanol–water partition coefficient (Wildman–Crippen LogP) is 4.49. The van der Waals surface area contributed by atoms with Gasteiger partial charge in [0.25, 0.3) is 0 Å². The number of hydrogen-bond donors (Lipinski definition) is 1. The van der Waals surface area contributed by atoms with Crippen molar-refractivity contribution in [2.75, 3.05) is 37.6 Å². The van der Waals surface area contributed by atoms with E-state index in [0.29, 0.717) is 58.4 Å². The highest BCUT2D eigenvalue weighted by atomic mass is 19.4. The smallest absolute Gasteiger partial charge is 0.425 e. The zero-order valence-electron chi connectivity index (χ0n) is 21.1. The van der Waals surface area contributed by atoms with E-state index in [2.05, 4.69) is 20.5 Å². The second-order valence-corrected chi connectivity index (χ2v) is 10.4. The summed E-state index contributed by atoms with van der Waals surface area (Å²) in [4.78, 5) is 29.7. The quantitative estimate of drug-likeness (QED) is 0.576. The molecule has 0 saturated carbocycles. The first-order chi connectivity index (χ1) is 17.5. The van der Waals surface area contributed by atoms with Crippen molar-refractivity contribution in [2.45, 2.75) is 69.8 Å². The number of carbonyl (C=O) groups excluding carboxylic acids is 1. The van der Waals surface area contributed by atoms with E-state index in [9.17, 15) is 27.9 Å². The fraction of sp³-hybridized carbons (Fsp3) is 0.630. The average molecular weight is 522 g/mol. The number of alkyl halides is 3. The molecular weight excluding hydrogens is 487 g/mol. The van der Waals surface area contributed by atoms with Crippen LogP contribution in [0.25, 0.3) is 0 Å². The van der Waals surface area contributed by atoms with Gasteiger partial charge in [-0.3, -0.25) is 9.69 Å². The van der Waals surface area contributed by atoms with E-state index in [1.54, 1.807) is 0 Å². The number of piperidine rings is 2. The number of anilines is 1. The zero-order valence-corrected chi connectivity index (χ0v) is 21.1. The molecule has 7 nitrogen and oxygen atoms in total. The second kappa shape index (κ2) is 10.8. The average Bonchev–Trinajstić information content (AvgIpc) is 3.25. The molecule has 1 atom stereocenters. The Bertz CT molecular complexity index is 1040. The molecule has 3 aliphatic rings. The van der Waals surface area contributed by atoms with E-state index < -0.39 is 24.3 Å². The van der Waals surface area contributed by atoms with Crippen molar-refractivity contribution in [1.29, 1.82) is 0 Å². The summed E-state index contributed by atoms with van der Waals surface area (Å²) < 4.78 is 43.1. The number of benzene rings is 1. The van der Waals surface area contributed by atoms with E-state index in [1.165, 1.54) is 4.90 Å². The standard InChI is InChI=1S/C27H34F3N3O4/c1-3-20-5-6-22(23(17-20)31-13-7-21(8-14-31)24(34)35)18-33-12-4-9-26(33)10-15-32(16-11-26)25(36)37-19(2)27(28,29)30/h1,5-6,17,19,21H,4,7-16,18H2,2H3,(H,34,35). The van der Waals surface area contributed by atoms with Crippen LogP contribution in [0.3, 0.4) is 0 Å². The summed E-state index contributed by atoms with van der Waals surface area (Å²) in [7, 11) is 0. The van der Waals surface area contributed by atoms with E-state index in [4.69, 9.17) is 6.42 Å². The van der Waals surface area contributed by atoms with Crippen LogP contribution in [-0.2, 0) is 16.1 Å². The molecule has 1 N–H and O–H groups in total. The number of carbonyl (C=O) groups is 2. The van der Waals surface area contributed by atoms with E-state index >= 15 is 0 Å². The SMILES string of the molecule is C#Cc1ccc(CN2CCCC23CCN(C(=O)OC(C)C(F)(F)F)CC3)c(N2CCC(C(=O)O)CC2)c1. The molecule has 10 heteroatoms. The van der Waals surface area contributed by atoms with Crippen LogP contribution < -0.4 is 4.90 Å². The highest BCUT2D eigenvalue weighted by Crippen LogP contribution is 2.41. The normalized spacial score (nSPS) is 21.6. The van der Waals surface area contributed by atoms with Crippen LogP contribution in [0.4, 0.5) is 23.7 Å². The van der Waals surface area contributed by atoms with Gasteiger partial charge in [0.05, 0.1) is 5.92 Å². The number of carboxylic acid groups (broad SMARTS) is 1. The van der Waals surface area contributed by atoms with Crippen LogP contribution >= 0.6 is 0 Å². The van der Waals surface area contributed by atoms with Gasteiger partial charge in [0.1, 0.15) is 0 Å². The van der Waals surface area contributed by atoms with Crippen LogP contribution in [0.15, 0.2) is 18.2 Å². The summed E-state index contributed by atoms with van der Waals surface area (Å²) >= 11 is 0. The maximum absolute atomic E-state index is 12.8. The lowest BCUT2D eigenvalue weighted by molar-refractivity contribution is -0.200. The molecule has 37 heavy (non-hydrogen) atoms. The van der Waals surface area contributed by atoms with Crippen molar-refractivity contribution in [1.82, 2.24) is 9.80 Å². The zero-order chi connectivity index (χ0) is 26.8. The van der Waals surface area contributed by atoms with Crippen LogP contribution in [0.1, 0.15) is 56.6 Å². The first-order valence-electron chi connectivity index (χ1n) is 12.9. The van der Waals surface area contributed by atoms with Gasteiger partial charge in [0.15, 0.2) is 6.10 Å². The Hall–Kier alpha value is -2.93. The van der Waals surface area contributed by atoms with E-state index in [0.717, 1.165) is 43.1 Å². The first kappa shape index (κ1) is 27.1. The monoisotopic (exact) mass is 521 g/mol. The molecule has 3 fully saturated rings. The number of nitrogens with zero attached hydrogens (tertiary/aromatic N) is 3. The topological polar surface area (TPSA) is 73.3 Å². The summed E-state index contributed by atoms with van der Waals surface area (Å²) in [5, 5.41) is 9.36. The van der Waals surface area contributed by atoms with Gasteiger partial charge in [0.2, 0.25) is 0 Å². The van der Waals surface area contributed by atoms with Crippen molar-refractivity contribution < 1.29 is 32.6 Å². The molecular formula is C27H34F3N3O4. The maximum Gasteiger partial charge on any atom is 0.425 e. The van der Waals surface area contributed by atoms with Crippen molar-refractivity contribution in [2.24, 2.45) is 5.92 Å². The number of carboxylic acids is 1. The molecule has 3 aliphatic heterocycles. The van der Waals surface area contributed by atoms with Gasteiger partial charge >= 0.3 is 18.2 Å². The molecule has 3 saturated heterocycles. The van der Waals surface area contributed by atoms with Gasteiger partial charge in [-0.1, -0.05) is 12.0 Å². The Morgan fingerprint density at radius 3 is 2.43 bits per heavy atom. The number of terminal acetylenes is 1. The number of rotatable bonds is 5. The van der Waals surface area contributed by atoms with Crippen LogP contribution in [-0.4, -0.2) is 77.5 Å². The van der Waals surface area contributed by atoms with E-state index in [1.807, 2.05) is 18.2 Å². The minimum Gasteiger partial charge on any atom is -0.481 e. The summed E-state index contributed by atoms with van der Waals surface area (Å²) in [5.41, 5.74) is 2.80. The fourth-order valence-corrected chi connectivity index (χ4v) is 5.86. The molecule has 4 rings (SSSR count). The largest absolute Gasteiger partial charge is 0.481 e. The highest BCUT2D eigenvalue weighted by Gasteiger charge is 2.45. The van der Waals surface area contributed by atoms with Crippen LogP contribution in [0.2, 0.25) is 0 Å². The fourth-order valence-electron chi connectivity index (χ4n) is 5.86. The highest BCUT2D eigenvalue weighted by molar-refractivity contribution is 5.71. The minimum absolute atomic E-state index is 0.120. The lowest BCUT2D eigenvalue weighted by Gasteiger charge is -2.45. The molecule has 1 spiro atoms. The third-order valence-electron chi connectivity index (χ3n) is 8.23. The van der Waals surface area contributed by atoms with Gasteiger partial charge < -0.3 is 19.6 Å². The number of ether oxygens (including phenoxy) is 1. The Morgan fingerprint density at radius 2 is 1.84 bits per heavy atom. The molecule has 1 aromatic rings. The van der Waals surface area contributed by atoms with Crippen molar-refractivity contribution >= 4 is 17.7 Å². The Balaban J connectivity index is 1.44. The van der Waals surface area contributed by atoms with Gasteiger partial charge in [0, 0.05) is 49.5 Å². The molecule has 3 heterocycles. The van der Waals surface area contributed by atoms with E-state index in [-0.39, 0.29) is 11.5 Å². The Morgan fingerprint density at radius 1 is 1.16 bits per heavy atom. The maximum atomic E-state index is 12.8. The number of likely N-dealkylation sites (tertiary alicyclic amines) is 2. The molecule has 0 bridgehead atoms. The minimum atomic E-state index is -4.58. The lowest BCUT2D eigenvalue weighted by Crippen LogP contribution is -2.53. The third-order valence-corrected chi connectivity index (χ3v) is 8.23. The van der Waals surface area contributed by atoms with Gasteiger partial charge in [-0.2, -0.15) is 13.2 Å². The number of hydrogen-bond acceptors (Lipinski definition) is 5. The van der Waals surface area contributed by atoms with Crippen LogP contribution in [0, 0.1) is 18.3 Å². The second-order valence-electron chi connectivity index (χ2n) is 10.4. The van der Waals surface area contributed by atoms with Gasteiger partial charge in [-0.15, -0.1) is 6.42 Å². The lowest BCUT2D eigenvalue weighted by atomic mass is 9.84. The molecule has 0 radical (unpaired) electrons. The van der Waals surface area contributed by atoms with Gasteiger partial charge in [-0.25, -0.2) is 4.79 Å². The summed E-state index contributed by atoms with van der Waals surface area (Å²) in [6.45, 7) is 4.43. The molecule has 1 aromatic carbocycles. The predicted molar refractivity (Wildman–Crippen MR) is 132 cm³/mol. The number of aliphatic carboxylic acids is 1. The summed E-state index contributed by atoms with van der Waals surface area (Å²) in [6, 6.07) is 5.97. The molecule has 0 aliphatic carbocycles. The first-order valence-corrected chi connectivity index (χ1v) is 12.9. The molecule has 202 valence electrons. The van der Waals surface area contributed by atoms with Crippen molar-refractivity contribution in [3.63, 3.8) is 0 Å². The molecule has 1 amide bonds. The van der Waals surface area contributed by atoms with Crippen molar-refractivity contribution in [3.8, 4) is 12.3 Å². The number of halogens is 3. The van der Waals surface area contributed by atoms with Gasteiger partial charge in [-0.05, 0) is 69.7 Å². The summed E-state index contributed by atoms with van der Waals surface area (Å²) in [5.74, 6) is 1.62. The Kier molecular flexibility index (Phi) is 7.93. The summed E-state index contributed by atoms with van der Waals surface area (Å²) in [6.07, 6.45) is 2.53. The third kappa shape index (κ3) is 5.98. The van der Waals surface area contributed by atoms with Crippen molar-refractivity contribution in [3.05, 3.63) is 29.3 Å². The number of amides is 1. The van der Waals surface area contributed by atoms with Crippen LogP contribution in [0.5, 0.6) is 0 Å². The molecule has 0 aromatic heterocycles.